The Morgan fingerprint density at radius 1 is 1.07 bits per heavy atom. The van der Waals surface area contributed by atoms with Crippen molar-refractivity contribution in [2.75, 3.05) is 7.11 Å². The first-order chi connectivity index (χ1) is 14.0. The maximum absolute atomic E-state index is 12.5. The molecule has 0 aliphatic rings. The average molecular weight is 394 g/mol. The molecule has 1 unspecified atom stereocenters. The predicted octanol–water partition coefficient (Wildman–Crippen LogP) is 3.53. The second-order valence-electron chi connectivity index (χ2n) is 7.25. The molecule has 152 valence electrons. The highest BCUT2D eigenvalue weighted by molar-refractivity contribution is 5.87. The number of carbonyl (C=O) groups excluding carboxylic acids is 2. The Balaban J connectivity index is 1.70. The summed E-state index contributed by atoms with van der Waals surface area (Å²) in [5.74, 6) is -0.0216. The largest absolute Gasteiger partial charge is 0.489 e. The molecule has 0 aliphatic heterocycles. The van der Waals surface area contributed by atoms with E-state index < -0.39 is 12.0 Å². The minimum absolute atomic E-state index is 0.0641. The molecular weight excluding hydrogens is 368 g/mol. The van der Waals surface area contributed by atoms with Crippen molar-refractivity contribution in [1.29, 1.82) is 0 Å². The van der Waals surface area contributed by atoms with Crippen molar-refractivity contribution in [3.8, 4) is 5.75 Å². The van der Waals surface area contributed by atoms with Crippen molar-refractivity contribution in [1.82, 2.24) is 9.88 Å². The van der Waals surface area contributed by atoms with E-state index in [4.69, 9.17) is 9.47 Å². The summed E-state index contributed by atoms with van der Waals surface area (Å²) in [6, 6.07) is 17.0. The molecule has 6 heteroatoms. The normalized spacial score (nSPS) is 12.0. The van der Waals surface area contributed by atoms with Crippen molar-refractivity contribution in [3.05, 3.63) is 66.4 Å². The van der Waals surface area contributed by atoms with Crippen LogP contribution in [-0.4, -0.2) is 29.6 Å². The van der Waals surface area contributed by atoms with E-state index in [1.807, 2.05) is 79.2 Å². The lowest BCUT2D eigenvalue weighted by Gasteiger charge is -2.20. The number of rotatable bonds is 8. The quantitative estimate of drug-likeness (QED) is 0.594. The Labute approximate surface area is 170 Å². The summed E-state index contributed by atoms with van der Waals surface area (Å²) >= 11 is 0. The summed E-state index contributed by atoms with van der Waals surface area (Å²) in [6.45, 7) is 4.31. The van der Waals surface area contributed by atoms with E-state index in [1.165, 1.54) is 7.11 Å². The number of amides is 1. The SMILES string of the molecule is COC(=O)C(NC(=O)Cn1ccc2ccc(OCc3ccccc3)cc21)C(C)C. The average Bonchev–Trinajstić information content (AvgIpc) is 3.12. The number of esters is 1. The zero-order valence-electron chi connectivity index (χ0n) is 16.9. The van der Waals surface area contributed by atoms with Crippen LogP contribution in [0.5, 0.6) is 5.75 Å². The van der Waals surface area contributed by atoms with Gasteiger partial charge in [0.2, 0.25) is 5.91 Å². The topological polar surface area (TPSA) is 69.6 Å². The molecule has 6 nitrogen and oxygen atoms in total. The Morgan fingerprint density at radius 3 is 2.52 bits per heavy atom. The highest BCUT2D eigenvalue weighted by Gasteiger charge is 2.25. The van der Waals surface area contributed by atoms with Crippen LogP contribution < -0.4 is 10.1 Å². The van der Waals surface area contributed by atoms with Gasteiger partial charge in [0.1, 0.15) is 24.9 Å². The van der Waals surface area contributed by atoms with E-state index in [2.05, 4.69) is 5.32 Å². The lowest BCUT2D eigenvalue weighted by atomic mass is 10.0. The van der Waals surface area contributed by atoms with Crippen molar-refractivity contribution in [2.45, 2.75) is 33.0 Å². The summed E-state index contributed by atoms with van der Waals surface area (Å²) in [5, 5.41) is 3.78. The smallest absolute Gasteiger partial charge is 0.328 e. The highest BCUT2D eigenvalue weighted by Crippen LogP contribution is 2.23. The molecule has 0 aliphatic carbocycles. The van der Waals surface area contributed by atoms with Crippen molar-refractivity contribution in [2.24, 2.45) is 5.92 Å². The zero-order chi connectivity index (χ0) is 20.8. The van der Waals surface area contributed by atoms with Gasteiger partial charge in [0, 0.05) is 12.3 Å². The van der Waals surface area contributed by atoms with Crippen LogP contribution in [-0.2, 0) is 27.5 Å². The molecule has 3 rings (SSSR count). The Bertz CT molecular complexity index is 979. The van der Waals surface area contributed by atoms with E-state index in [0.29, 0.717) is 6.61 Å². The number of aromatic nitrogens is 1. The van der Waals surface area contributed by atoms with Gasteiger partial charge in [0.05, 0.1) is 12.6 Å². The number of benzene rings is 2. The minimum Gasteiger partial charge on any atom is -0.489 e. The molecule has 0 saturated heterocycles. The van der Waals surface area contributed by atoms with Crippen LogP contribution in [0.25, 0.3) is 10.9 Å². The van der Waals surface area contributed by atoms with E-state index in [0.717, 1.165) is 22.2 Å². The molecule has 0 bridgehead atoms. The van der Waals surface area contributed by atoms with Gasteiger partial charge in [-0.1, -0.05) is 44.2 Å². The molecular formula is C23H26N2O4. The molecule has 0 fully saturated rings. The number of hydrogen-bond donors (Lipinski definition) is 1. The van der Waals surface area contributed by atoms with Gasteiger partial charge in [0.15, 0.2) is 0 Å². The Kier molecular flexibility index (Phi) is 6.54. The maximum Gasteiger partial charge on any atom is 0.328 e. The fourth-order valence-electron chi connectivity index (χ4n) is 3.13. The number of hydrogen-bond acceptors (Lipinski definition) is 4. The van der Waals surface area contributed by atoms with Gasteiger partial charge in [-0.2, -0.15) is 0 Å². The van der Waals surface area contributed by atoms with E-state index in [-0.39, 0.29) is 18.4 Å². The summed E-state index contributed by atoms with van der Waals surface area (Å²) in [5.41, 5.74) is 1.98. The molecule has 0 radical (unpaired) electrons. The summed E-state index contributed by atoms with van der Waals surface area (Å²) in [7, 11) is 1.32. The predicted molar refractivity (Wildman–Crippen MR) is 111 cm³/mol. The third kappa shape index (κ3) is 5.16. The lowest BCUT2D eigenvalue weighted by molar-refractivity contribution is -0.146. The van der Waals surface area contributed by atoms with Gasteiger partial charge in [0.25, 0.3) is 0 Å². The van der Waals surface area contributed by atoms with Gasteiger partial charge >= 0.3 is 5.97 Å². The van der Waals surface area contributed by atoms with Crippen LogP contribution in [0.4, 0.5) is 0 Å². The summed E-state index contributed by atoms with van der Waals surface area (Å²) in [6.07, 6.45) is 1.85. The van der Waals surface area contributed by atoms with Crippen LogP contribution in [0.2, 0.25) is 0 Å². The fourth-order valence-corrected chi connectivity index (χ4v) is 3.13. The number of nitrogens with zero attached hydrogens (tertiary/aromatic N) is 1. The Hall–Kier alpha value is -3.28. The van der Waals surface area contributed by atoms with E-state index in [1.54, 1.807) is 0 Å². The molecule has 0 saturated carbocycles. The van der Waals surface area contributed by atoms with Crippen molar-refractivity contribution >= 4 is 22.8 Å². The third-order valence-corrected chi connectivity index (χ3v) is 4.75. The number of ether oxygens (including phenoxy) is 2. The molecule has 3 aromatic rings. The lowest BCUT2D eigenvalue weighted by Crippen LogP contribution is -2.46. The van der Waals surface area contributed by atoms with Gasteiger partial charge < -0.3 is 19.4 Å². The summed E-state index contributed by atoms with van der Waals surface area (Å²) < 4.78 is 12.5. The number of fused-ring (bicyclic) bond motifs is 1. The molecule has 1 heterocycles. The number of nitrogens with one attached hydrogen (secondary N) is 1. The van der Waals surface area contributed by atoms with E-state index >= 15 is 0 Å². The first kappa shape index (κ1) is 20.5. The van der Waals surface area contributed by atoms with Crippen LogP contribution in [0.1, 0.15) is 19.4 Å². The van der Waals surface area contributed by atoms with Gasteiger partial charge in [-0.15, -0.1) is 0 Å². The molecule has 0 spiro atoms. The molecule has 1 N–H and O–H groups in total. The molecule has 1 atom stereocenters. The van der Waals surface area contributed by atoms with E-state index in [9.17, 15) is 9.59 Å². The zero-order valence-corrected chi connectivity index (χ0v) is 16.9. The minimum atomic E-state index is -0.668. The second kappa shape index (κ2) is 9.28. The number of methoxy groups -OCH3 is 1. The summed E-state index contributed by atoms with van der Waals surface area (Å²) in [4.78, 5) is 24.4. The fraction of sp³-hybridized carbons (Fsp3) is 0.304. The monoisotopic (exact) mass is 394 g/mol. The standard InChI is InChI=1S/C23H26N2O4/c1-16(2)22(23(27)28-3)24-21(26)14-25-12-11-18-9-10-19(13-20(18)25)29-15-17-7-5-4-6-8-17/h4-13,16,22H,14-15H2,1-3H3,(H,24,26). The second-order valence-corrected chi connectivity index (χ2v) is 7.25. The van der Waals surface area contributed by atoms with Crippen LogP contribution in [0, 0.1) is 5.92 Å². The Morgan fingerprint density at radius 2 is 1.83 bits per heavy atom. The van der Waals surface area contributed by atoms with Crippen molar-refractivity contribution < 1.29 is 19.1 Å². The third-order valence-electron chi connectivity index (χ3n) is 4.75. The molecule has 1 aromatic heterocycles. The first-order valence-electron chi connectivity index (χ1n) is 9.60. The van der Waals surface area contributed by atoms with Gasteiger partial charge in [-0.3, -0.25) is 4.79 Å². The van der Waals surface area contributed by atoms with Gasteiger partial charge in [-0.05, 0) is 35.1 Å². The molecule has 2 aromatic carbocycles. The maximum atomic E-state index is 12.5. The van der Waals surface area contributed by atoms with Gasteiger partial charge in [-0.25, -0.2) is 4.79 Å². The highest BCUT2D eigenvalue weighted by atomic mass is 16.5. The van der Waals surface area contributed by atoms with Crippen LogP contribution in [0.15, 0.2) is 60.8 Å². The van der Waals surface area contributed by atoms with Crippen molar-refractivity contribution in [3.63, 3.8) is 0 Å². The van der Waals surface area contributed by atoms with Crippen LogP contribution >= 0.6 is 0 Å². The number of carbonyl (C=O) groups is 2. The van der Waals surface area contributed by atoms with Crippen LogP contribution in [0.3, 0.4) is 0 Å². The molecule has 29 heavy (non-hydrogen) atoms. The first-order valence-corrected chi connectivity index (χ1v) is 9.60. The molecule has 1 amide bonds.